The van der Waals surface area contributed by atoms with Crippen LogP contribution in [0.1, 0.15) is 115 Å². The minimum atomic E-state index is -0.402. The smallest absolute Gasteiger partial charge is 0.271 e. The van der Waals surface area contributed by atoms with Crippen LogP contribution in [0.3, 0.4) is 0 Å². The van der Waals surface area contributed by atoms with Gasteiger partial charge in [0, 0.05) is 22.3 Å². The maximum absolute atomic E-state index is 14.0. The fourth-order valence-electron chi connectivity index (χ4n) is 6.96. The molecule has 10 heteroatoms. The first-order valence-electron chi connectivity index (χ1n) is 19.1. The molecule has 6 rings (SSSR count). The summed E-state index contributed by atoms with van der Waals surface area (Å²) in [6, 6.07) is 23.3. The van der Waals surface area contributed by atoms with Crippen molar-refractivity contribution in [2.75, 3.05) is 24.7 Å². The number of rotatable bonds is 7. The van der Waals surface area contributed by atoms with Crippen molar-refractivity contribution < 1.29 is 19.1 Å². The molecule has 0 saturated heterocycles. The molecule has 0 unspecified atom stereocenters. The normalized spacial score (nSPS) is 12.7. The number of para-hydroxylation sites is 4. The molecule has 0 bridgehead atoms. The maximum atomic E-state index is 14.0. The minimum Gasteiger partial charge on any atom is -0.483 e. The van der Waals surface area contributed by atoms with E-state index in [1.54, 1.807) is 0 Å². The Bertz CT molecular complexity index is 2310. The summed E-state index contributed by atoms with van der Waals surface area (Å²) in [5, 5.41) is 0. The van der Waals surface area contributed by atoms with Crippen LogP contribution in [0.4, 0.5) is 11.9 Å². The predicted molar refractivity (Wildman–Crippen MR) is 227 cm³/mol. The Kier molecular flexibility index (Phi) is 10.1. The van der Waals surface area contributed by atoms with Gasteiger partial charge in [-0.3, -0.25) is 9.59 Å². The molecule has 0 spiro atoms. The number of nitrogens with zero attached hydrogens (tertiary/aromatic N) is 4. The van der Waals surface area contributed by atoms with Gasteiger partial charge in [0.1, 0.15) is 11.5 Å². The Hall–Kier alpha value is -5.64. The van der Waals surface area contributed by atoms with Crippen LogP contribution in [-0.4, -0.2) is 44.1 Å². The van der Waals surface area contributed by atoms with E-state index in [9.17, 15) is 9.59 Å². The number of aromatic nitrogens is 4. The molecule has 0 saturated carbocycles. The van der Waals surface area contributed by atoms with Gasteiger partial charge in [0.05, 0.1) is 22.1 Å². The number of hydrogen-bond donors (Lipinski definition) is 2. The molecule has 6 aromatic rings. The summed E-state index contributed by atoms with van der Waals surface area (Å²) in [7, 11) is 0. The summed E-state index contributed by atoms with van der Waals surface area (Å²) < 4.78 is 16.3. The van der Waals surface area contributed by atoms with E-state index in [4.69, 9.17) is 20.9 Å². The van der Waals surface area contributed by atoms with Crippen molar-refractivity contribution >= 4 is 45.8 Å². The summed E-state index contributed by atoms with van der Waals surface area (Å²) in [4.78, 5) is 36.9. The molecule has 4 N–H and O–H groups in total. The molecule has 56 heavy (non-hydrogen) atoms. The molecule has 0 radical (unpaired) electrons. The average Bonchev–Trinajstić information content (AvgIpc) is 3.62. The van der Waals surface area contributed by atoms with Crippen LogP contribution in [0.5, 0.6) is 11.5 Å². The number of anilines is 2. The van der Waals surface area contributed by atoms with Crippen LogP contribution >= 0.6 is 0 Å². The number of fused-ring (bicyclic) bond motifs is 2. The van der Waals surface area contributed by atoms with Crippen molar-refractivity contribution in [1.29, 1.82) is 0 Å². The van der Waals surface area contributed by atoms with Gasteiger partial charge < -0.3 is 20.9 Å². The van der Waals surface area contributed by atoms with E-state index in [2.05, 4.69) is 117 Å². The second kappa shape index (κ2) is 14.1. The molecule has 4 aromatic carbocycles. The van der Waals surface area contributed by atoms with Crippen LogP contribution < -0.4 is 20.9 Å². The molecule has 0 aliphatic carbocycles. The maximum Gasteiger partial charge on any atom is 0.271 e. The largest absolute Gasteiger partial charge is 0.483 e. The van der Waals surface area contributed by atoms with Gasteiger partial charge in [-0.2, -0.15) is 0 Å². The molecular formula is C46H56N6O4. The van der Waals surface area contributed by atoms with E-state index in [0.29, 0.717) is 33.6 Å². The van der Waals surface area contributed by atoms with Crippen molar-refractivity contribution in [3.63, 3.8) is 0 Å². The highest BCUT2D eigenvalue weighted by Crippen LogP contribution is 2.49. The second-order valence-electron chi connectivity index (χ2n) is 18.8. The van der Waals surface area contributed by atoms with Gasteiger partial charge in [-0.1, -0.05) is 119 Å². The summed E-state index contributed by atoms with van der Waals surface area (Å²) in [5.74, 6) is 0.584. The van der Waals surface area contributed by atoms with Crippen molar-refractivity contribution in [2.24, 2.45) is 0 Å². The number of imidazole rings is 2. The van der Waals surface area contributed by atoms with Crippen molar-refractivity contribution in [3.8, 4) is 22.6 Å². The topological polar surface area (TPSA) is 140 Å². The third-order valence-corrected chi connectivity index (χ3v) is 10.2. The van der Waals surface area contributed by atoms with Gasteiger partial charge in [-0.15, -0.1) is 0 Å². The van der Waals surface area contributed by atoms with E-state index in [1.165, 1.54) is 9.13 Å². The van der Waals surface area contributed by atoms with Crippen molar-refractivity contribution in [2.45, 2.75) is 105 Å². The molecule has 0 fully saturated rings. The lowest BCUT2D eigenvalue weighted by Gasteiger charge is -2.32. The number of ether oxygens (including phenoxy) is 2. The van der Waals surface area contributed by atoms with Gasteiger partial charge in [0.2, 0.25) is 11.9 Å². The monoisotopic (exact) mass is 756 g/mol. The van der Waals surface area contributed by atoms with Crippen LogP contribution in [-0.2, 0) is 21.7 Å². The lowest BCUT2D eigenvalue weighted by atomic mass is 9.75. The SMILES string of the molecule is CC(C)(C)c1cc(-c2cc(C(C)(C)C)cc(C(C)(C)C)c2OCC(=O)n2c(N)nc3ccccc32)c(OCC(=O)n2c(N)nc3ccccc32)c(C(C)(C)C)c1. The zero-order chi connectivity index (χ0) is 41.1. The predicted octanol–water partition coefficient (Wildman–Crippen LogP) is 9.85. The number of nitrogens with two attached hydrogens (primary N) is 2. The number of benzene rings is 4. The quantitative estimate of drug-likeness (QED) is 0.164. The average molecular weight is 757 g/mol. The van der Waals surface area contributed by atoms with Crippen LogP contribution in [0.2, 0.25) is 0 Å². The van der Waals surface area contributed by atoms with E-state index in [1.807, 2.05) is 48.5 Å². The van der Waals surface area contributed by atoms with E-state index in [0.717, 1.165) is 33.4 Å². The Labute approximate surface area is 330 Å². The Morgan fingerprint density at radius 2 is 0.875 bits per heavy atom. The standard InChI is InChI=1S/C46H56N6O4/c1-43(2,3)27-21-29(39(31(23-27)45(7,8)9)55-25-37(53)51-35-19-15-13-17-33(35)49-41(51)47)30-22-28(44(4,5)6)24-32(46(10,11)12)40(30)56-26-38(54)52-36-20-16-14-18-34(36)50-42(52)48/h13-24H,25-26H2,1-12H3,(H2,47,49)(H2,48,50). The first kappa shape index (κ1) is 40.0. The molecule has 10 nitrogen and oxygen atoms in total. The molecule has 0 aliphatic rings. The van der Waals surface area contributed by atoms with Crippen LogP contribution in [0, 0.1) is 0 Å². The summed E-state index contributed by atoms with van der Waals surface area (Å²) in [6.45, 7) is 25.3. The highest BCUT2D eigenvalue weighted by molar-refractivity contribution is 5.95. The molecule has 2 aromatic heterocycles. The lowest BCUT2D eigenvalue weighted by Crippen LogP contribution is -2.25. The van der Waals surface area contributed by atoms with Gasteiger partial charge in [-0.25, -0.2) is 19.1 Å². The van der Waals surface area contributed by atoms with Crippen LogP contribution in [0.15, 0.2) is 72.8 Å². The van der Waals surface area contributed by atoms with E-state index >= 15 is 0 Å². The molecule has 0 atom stereocenters. The van der Waals surface area contributed by atoms with Gasteiger partial charge in [-0.05, 0) is 69.2 Å². The van der Waals surface area contributed by atoms with Crippen molar-refractivity contribution in [3.05, 3.63) is 95.1 Å². The first-order chi connectivity index (χ1) is 26.0. The fraction of sp³-hybridized carbons (Fsp3) is 0.391. The lowest BCUT2D eigenvalue weighted by molar-refractivity contribution is 0.0836. The number of carbonyl (C=O) groups is 2. The van der Waals surface area contributed by atoms with E-state index in [-0.39, 0.29) is 47.8 Å². The summed E-state index contributed by atoms with van der Waals surface area (Å²) >= 11 is 0. The Morgan fingerprint density at radius 3 is 1.20 bits per heavy atom. The van der Waals surface area contributed by atoms with E-state index < -0.39 is 10.8 Å². The van der Waals surface area contributed by atoms with Crippen molar-refractivity contribution in [1.82, 2.24) is 19.1 Å². The molecular weight excluding hydrogens is 701 g/mol. The van der Waals surface area contributed by atoms with Crippen LogP contribution in [0.25, 0.3) is 33.2 Å². The molecule has 0 amide bonds. The molecule has 2 heterocycles. The Balaban J connectivity index is 1.58. The zero-order valence-electron chi connectivity index (χ0n) is 34.9. The second-order valence-corrected chi connectivity index (χ2v) is 18.8. The van der Waals surface area contributed by atoms with Gasteiger partial charge >= 0.3 is 0 Å². The highest BCUT2D eigenvalue weighted by atomic mass is 16.5. The number of nitrogen functional groups attached to an aromatic ring is 2. The number of hydrogen-bond acceptors (Lipinski definition) is 8. The summed E-state index contributed by atoms with van der Waals surface area (Å²) in [5.41, 5.74) is 19.3. The fourth-order valence-corrected chi connectivity index (χ4v) is 6.96. The number of carbonyl (C=O) groups excluding carboxylic acids is 2. The van der Waals surface area contributed by atoms with Gasteiger partial charge in [0.25, 0.3) is 11.8 Å². The third kappa shape index (κ3) is 7.74. The zero-order valence-corrected chi connectivity index (χ0v) is 34.9. The minimum absolute atomic E-state index is 0.0958. The molecule has 0 aliphatic heterocycles. The summed E-state index contributed by atoms with van der Waals surface area (Å²) in [6.07, 6.45) is 0. The first-order valence-corrected chi connectivity index (χ1v) is 19.1. The third-order valence-electron chi connectivity index (χ3n) is 10.2. The van der Waals surface area contributed by atoms with Gasteiger partial charge in [0.15, 0.2) is 13.2 Å². The highest BCUT2D eigenvalue weighted by Gasteiger charge is 2.33. The Morgan fingerprint density at radius 1 is 0.536 bits per heavy atom. The molecule has 294 valence electrons.